The van der Waals surface area contributed by atoms with Crippen molar-refractivity contribution in [2.24, 2.45) is 0 Å². The van der Waals surface area contributed by atoms with Crippen LogP contribution < -0.4 is 11.4 Å². The third kappa shape index (κ3) is 2.58. The van der Waals surface area contributed by atoms with Gasteiger partial charge in [0.25, 0.3) is 5.56 Å². The fourth-order valence-electron chi connectivity index (χ4n) is 2.33. The lowest BCUT2D eigenvalue weighted by atomic mass is 10.2. The summed E-state index contributed by atoms with van der Waals surface area (Å²) in [6.45, 7) is 0. The minimum Gasteiger partial charge on any atom is -0.335 e. The maximum absolute atomic E-state index is 12.3. The molecule has 23 heavy (non-hydrogen) atoms. The van der Waals surface area contributed by atoms with E-state index >= 15 is 0 Å². The van der Waals surface area contributed by atoms with Crippen LogP contribution >= 0.6 is 23.1 Å². The first-order chi connectivity index (χ1) is 11.2. The van der Waals surface area contributed by atoms with Gasteiger partial charge in [-0.25, -0.2) is 14.6 Å². The second-order valence-electron chi connectivity index (χ2n) is 4.96. The van der Waals surface area contributed by atoms with Gasteiger partial charge in [0.15, 0.2) is 4.34 Å². The highest BCUT2D eigenvalue weighted by molar-refractivity contribution is 8.00. The van der Waals surface area contributed by atoms with Gasteiger partial charge in [0.2, 0.25) is 0 Å². The van der Waals surface area contributed by atoms with Crippen LogP contribution in [0.25, 0.3) is 21.1 Å². The number of thiazole rings is 1. The molecule has 5 nitrogen and oxygen atoms in total. The molecule has 0 bridgehead atoms. The molecule has 0 aliphatic heterocycles. The Morgan fingerprint density at radius 2 is 1.78 bits per heavy atom. The molecular weight excluding hydrogens is 328 g/mol. The Bertz CT molecular complexity index is 1040. The van der Waals surface area contributed by atoms with Crippen molar-refractivity contribution in [1.29, 1.82) is 0 Å². The number of fused-ring (bicyclic) bond motifs is 2. The average Bonchev–Trinajstić information content (AvgIpc) is 3.00. The van der Waals surface area contributed by atoms with E-state index in [4.69, 9.17) is 5.84 Å². The lowest BCUT2D eigenvalue weighted by Crippen LogP contribution is -2.31. The zero-order valence-electron chi connectivity index (χ0n) is 12.0. The third-order valence-corrected chi connectivity index (χ3v) is 5.66. The maximum Gasteiger partial charge on any atom is 0.279 e. The second-order valence-corrected chi connectivity index (χ2v) is 7.21. The Morgan fingerprint density at radius 1 is 1.04 bits per heavy atom. The molecule has 0 aliphatic rings. The number of hydrogen-bond acceptors (Lipinski definition) is 6. The molecule has 0 fully saturated rings. The van der Waals surface area contributed by atoms with Crippen molar-refractivity contribution in [3.8, 4) is 0 Å². The van der Waals surface area contributed by atoms with E-state index in [0.29, 0.717) is 22.5 Å². The topological polar surface area (TPSA) is 73.8 Å². The second kappa shape index (κ2) is 5.68. The molecule has 0 amide bonds. The quantitative estimate of drug-likeness (QED) is 0.458. The Hall–Kier alpha value is -2.38. The summed E-state index contributed by atoms with van der Waals surface area (Å²) in [6.07, 6.45) is 0. The highest BCUT2D eigenvalue weighted by atomic mass is 32.2. The first kappa shape index (κ1) is 14.2. The molecular formula is C16H12N4OS2. The first-order valence-electron chi connectivity index (χ1n) is 6.96. The lowest BCUT2D eigenvalue weighted by molar-refractivity contribution is 0.842. The minimum atomic E-state index is -0.226. The smallest absolute Gasteiger partial charge is 0.279 e. The fraction of sp³-hybridized carbons (Fsp3) is 0.0625. The van der Waals surface area contributed by atoms with Crippen molar-refractivity contribution in [1.82, 2.24) is 14.6 Å². The number of nitrogens with zero attached hydrogens (tertiary/aromatic N) is 3. The summed E-state index contributed by atoms with van der Waals surface area (Å²) in [7, 11) is 0. The zero-order valence-corrected chi connectivity index (χ0v) is 13.6. The Balaban J connectivity index is 1.67. The van der Waals surface area contributed by atoms with Gasteiger partial charge in [-0.05, 0) is 24.3 Å². The van der Waals surface area contributed by atoms with Crippen LogP contribution in [-0.2, 0) is 5.75 Å². The van der Waals surface area contributed by atoms with Gasteiger partial charge in [0.05, 0.1) is 26.9 Å². The zero-order chi connectivity index (χ0) is 15.8. The van der Waals surface area contributed by atoms with Crippen molar-refractivity contribution in [3.63, 3.8) is 0 Å². The Labute approximate surface area is 139 Å². The summed E-state index contributed by atoms with van der Waals surface area (Å²) >= 11 is 3.16. The van der Waals surface area contributed by atoms with Crippen LogP contribution in [0, 0.1) is 0 Å². The molecule has 114 valence electrons. The molecule has 4 aromatic rings. The molecule has 7 heteroatoms. The molecule has 0 atom stereocenters. The van der Waals surface area contributed by atoms with Crippen molar-refractivity contribution in [2.75, 3.05) is 5.84 Å². The number of rotatable bonds is 3. The molecule has 2 N–H and O–H groups in total. The van der Waals surface area contributed by atoms with E-state index in [0.717, 1.165) is 19.2 Å². The predicted octanol–water partition coefficient (Wildman–Crippen LogP) is 3.01. The molecule has 2 aromatic carbocycles. The van der Waals surface area contributed by atoms with Crippen LogP contribution in [0.5, 0.6) is 0 Å². The van der Waals surface area contributed by atoms with Crippen LogP contribution in [0.15, 0.2) is 57.7 Å². The van der Waals surface area contributed by atoms with Gasteiger partial charge in [0, 0.05) is 0 Å². The highest BCUT2D eigenvalue weighted by Crippen LogP contribution is 2.30. The van der Waals surface area contributed by atoms with E-state index in [-0.39, 0.29) is 5.56 Å². The van der Waals surface area contributed by atoms with E-state index in [1.807, 2.05) is 36.4 Å². The van der Waals surface area contributed by atoms with Gasteiger partial charge in [-0.3, -0.25) is 4.79 Å². The average molecular weight is 340 g/mol. The summed E-state index contributed by atoms with van der Waals surface area (Å²) in [5, 5.41) is 0.531. The summed E-state index contributed by atoms with van der Waals surface area (Å²) in [5.74, 6) is 6.94. The van der Waals surface area contributed by atoms with Crippen LogP contribution in [0.4, 0.5) is 0 Å². The summed E-state index contributed by atoms with van der Waals surface area (Å²) in [4.78, 5) is 21.3. The van der Waals surface area contributed by atoms with E-state index in [1.54, 1.807) is 23.5 Å². The van der Waals surface area contributed by atoms with Gasteiger partial charge in [-0.1, -0.05) is 36.0 Å². The molecule has 0 unspecified atom stereocenters. The largest absolute Gasteiger partial charge is 0.335 e. The molecule has 2 aromatic heterocycles. The van der Waals surface area contributed by atoms with Crippen molar-refractivity contribution in [2.45, 2.75) is 10.1 Å². The summed E-state index contributed by atoms with van der Waals surface area (Å²) in [6, 6.07) is 15.2. The number of aromatic nitrogens is 3. The van der Waals surface area contributed by atoms with Gasteiger partial charge in [-0.2, -0.15) is 0 Å². The first-order valence-corrected chi connectivity index (χ1v) is 8.77. The molecule has 0 saturated heterocycles. The maximum atomic E-state index is 12.3. The monoisotopic (exact) mass is 340 g/mol. The van der Waals surface area contributed by atoms with Gasteiger partial charge < -0.3 is 5.84 Å². The lowest BCUT2D eigenvalue weighted by Gasteiger charge is -2.07. The number of nitrogen functional groups attached to an aromatic ring is 1. The van der Waals surface area contributed by atoms with Crippen molar-refractivity contribution >= 4 is 44.2 Å². The molecule has 4 rings (SSSR count). The number of hydrogen-bond donors (Lipinski definition) is 1. The van der Waals surface area contributed by atoms with E-state index in [9.17, 15) is 4.79 Å². The number of para-hydroxylation sites is 2. The molecule has 0 aliphatic carbocycles. The van der Waals surface area contributed by atoms with Gasteiger partial charge in [-0.15, -0.1) is 11.3 Å². The Kier molecular flexibility index (Phi) is 3.51. The summed E-state index contributed by atoms with van der Waals surface area (Å²) < 4.78 is 3.21. The predicted molar refractivity (Wildman–Crippen MR) is 95.3 cm³/mol. The minimum absolute atomic E-state index is 0.226. The van der Waals surface area contributed by atoms with Crippen LogP contribution in [0.1, 0.15) is 5.82 Å². The number of nitrogens with two attached hydrogens (primary N) is 1. The van der Waals surface area contributed by atoms with E-state index in [1.165, 1.54) is 11.8 Å². The fourth-order valence-corrected chi connectivity index (χ4v) is 4.33. The standard InChI is InChI=1S/C16H12N4OS2/c17-20-14(18-11-6-2-1-5-10(11)15(20)21)9-22-16-19-12-7-3-4-8-13(12)23-16/h1-8H,9,17H2. The number of benzene rings is 2. The van der Waals surface area contributed by atoms with Gasteiger partial charge >= 0.3 is 0 Å². The molecule has 0 spiro atoms. The highest BCUT2D eigenvalue weighted by Gasteiger charge is 2.10. The molecule has 0 radical (unpaired) electrons. The van der Waals surface area contributed by atoms with Crippen LogP contribution in [0.3, 0.4) is 0 Å². The normalized spacial score (nSPS) is 11.3. The summed E-state index contributed by atoms with van der Waals surface area (Å²) in [5.41, 5.74) is 1.42. The van der Waals surface area contributed by atoms with Gasteiger partial charge in [0.1, 0.15) is 5.82 Å². The van der Waals surface area contributed by atoms with E-state index in [2.05, 4.69) is 9.97 Å². The number of thioether (sulfide) groups is 1. The Morgan fingerprint density at radius 3 is 2.61 bits per heavy atom. The van der Waals surface area contributed by atoms with Crippen molar-refractivity contribution in [3.05, 3.63) is 64.7 Å². The van der Waals surface area contributed by atoms with Crippen LogP contribution in [-0.4, -0.2) is 14.6 Å². The molecule has 0 saturated carbocycles. The van der Waals surface area contributed by atoms with Crippen molar-refractivity contribution < 1.29 is 0 Å². The SMILES string of the molecule is Nn1c(CSc2nc3ccccc3s2)nc2ccccc2c1=O. The van der Waals surface area contributed by atoms with E-state index < -0.39 is 0 Å². The third-order valence-electron chi connectivity index (χ3n) is 3.48. The van der Waals surface area contributed by atoms with Crippen LogP contribution in [0.2, 0.25) is 0 Å². The molecule has 2 heterocycles.